The van der Waals surface area contributed by atoms with Crippen molar-refractivity contribution in [3.63, 3.8) is 0 Å². The van der Waals surface area contributed by atoms with E-state index in [1.54, 1.807) is 6.07 Å². The van der Waals surface area contributed by atoms with E-state index in [-0.39, 0.29) is 6.04 Å². The van der Waals surface area contributed by atoms with Crippen LogP contribution in [0.2, 0.25) is 10.0 Å². The Hall–Kier alpha value is -1.01. The van der Waals surface area contributed by atoms with Crippen LogP contribution in [-0.2, 0) is 0 Å². The number of benzene rings is 1. The SMILES string of the molecule is CCN1CCN(CC(C)CN=C(N)NC(C)c2ccc(Cl)cc2Cl)CC1. The van der Waals surface area contributed by atoms with Gasteiger partial charge in [-0.3, -0.25) is 4.99 Å². The fourth-order valence-corrected chi connectivity index (χ4v) is 3.81. The Kier molecular flexibility index (Phi) is 8.48. The molecule has 0 radical (unpaired) electrons. The Morgan fingerprint density at radius 2 is 1.85 bits per heavy atom. The highest BCUT2D eigenvalue weighted by molar-refractivity contribution is 6.35. The van der Waals surface area contributed by atoms with Crippen molar-refractivity contribution >= 4 is 29.2 Å². The lowest BCUT2D eigenvalue weighted by Crippen LogP contribution is -2.47. The van der Waals surface area contributed by atoms with Crippen molar-refractivity contribution in [1.29, 1.82) is 0 Å². The number of likely N-dealkylation sites (N-methyl/N-ethyl adjacent to an activating group) is 1. The monoisotopic (exact) mass is 399 g/mol. The average molecular weight is 400 g/mol. The molecular formula is C19H31Cl2N5. The molecule has 7 heteroatoms. The van der Waals surface area contributed by atoms with Crippen LogP contribution < -0.4 is 11.1 Å². The molecule has 2 unspecified atom stereocenters. The van der Waals surface area contributed by atoms with Crippen molar-refractivity contribution in [1.82, 2.24) is 15.1 Å². The third-order valence-electron chi connectivity index (χ3n) is 4.85. The summed E-state index contributed by atoms with van der Waals surface area (Å²) >= 11 is 12.2. The zero-order chi connectivity index (χ0) is 19.1. The predicted molar refractivity (Wildman–Crippen MR) is 112 cm³/mol. The van der Waals surface area contributed by atoms with E-state index in [1.165, 1.54) is 0 Å². The van der Waals surface area contributed by atoms with Gasteiger partial charge in [0.05, 0.1) is 6.04 Å². The third-order valence-corrected chi connectivity index (χ3v) is 5.41. The summed E-state index contributed by atoms with van der Waals surface area (Å²) < 4.78 is 0. The van der Waals surface area contributed by atoms with Crippen molar-refractivity contribution < 1.29 is 0 Å². The van der Waals surface area contributed by atoms with Gasteiger partial charge >= 0.3 is 0 Å². The van der Waals surface area contributed by atoms with Crippen LogP contribution in [0.1, 0.15) is 32.4 Å². The lowest BCUT2D eigenvalue weighted by molar-refractivity contribution is 0.125. The van der Waals surface area contributed by atoms with Crippen LogP contribution in [0, 0.1) is 5.92 Å². The van der Waals surface area contributed by atoms with Gasteiger partial charge in [0, 0.05) is 49.3 Å². The van der Waals surface area contributed by atoms with Crippen LogP contribution in [0.15, 0.2) is 23.2 Å². The van der Waals surface area contributed by atoms with Crippen LogP contribution in [0.3, 0.4) is 0 Å². The van der Waals surface area contributed by atoms with Crippen LogP contribution in [0.4, 0.5) is 0 Å². The Morgan fingerprint density at radius 1 is 1.19 bits per heavy atom. The summed E-state index contributed by atoms with van der Waals surface area (Å²) in [6.07, 6.45) is 0. The summed E-state index contributed by atoms with van der Waals surface area (Å²) in [7, 11) is 0. The number of hydrogen-bond donors (Lipinski definition) is 2. The first kappa shape index (κ1) is 21.3. The molecule has 1 aliphatic rings. The summed E-state index contributed by atoms with van der Waals surface area (Å²) in [5, 5.41) is 4.46. The highest BCUT2D eigenvalue weighted by Crippen LogP contribution is 2.25. The molecule has 1 aromatic carbocycles. The second kappa shape index (κ2) is 10.4. The van der Waals surface area contributed by atoms with Gasteiger partial charge in [-0.25, -0.2) is 0 Å². The molecule has 5 nitrogen and oxygen atoms in total. The summed E-state index contributed by atoms with van der Waals surface area (Å²) in [5.74, 6) is 0.920. The van der Waals surface area contributed by atoms with Crippen molar-refractivity contribution in [2.75, 3.05) is 45.8 Å². The van der Waals surface area contributed by atoms with E-state index in [2.05, 4.69) is 34.0 Å². The smallest absolute Gasteiger partial charge is 0.189 e. The lowest BCUT2D eigenvalue weighted by atomic mass is 10.1. The van der Waals surface area contributed by atoms with E-state index in [0.717, 1.165) is 44.8 Å². The molecule has 2 atom stereocenters. The zero-order valence-electron chi connectivity index (χ0n) is 16.0. The molecule has 146 valence electrons. The maximum Gasteiger partial charge on any atom is 0.189 e. The number of nitrogens with zero attached hydrogens (tertiary/aromatic N) is 3. The number of hydrogen-bond acceptors (Lipinski definition) is 3. The Bertz CT molecular complexity index is 600. The number of piperazine rings is 1. The molecule has 2 rings (SSSR count). The number of nitrogens with two attached hydrogens (primary N) is 1. The number of halogens is 2. The molecule has 0 bridgehead atoms. The first-order chi connectivity index (χ1) is 12.4. The first-order valence-electron chi connectivity index (χ1n) is 9.35. The van der Waals surface area contributed by atoms with Gasteiger partial charge in [0.1, 0.15) is 0 Å². The predicted octanol–water partition coefficient (Wildman–Crippen LogP) is 3.23. The largest absolute Gasteiger partial charge is 0.370 e. The molecule has 1 aliphatic heterocycles. The van der Waals surface area contributed by atoms with Gasteiger partial charge in [0.15, 0.2) is 5.96 Å². The van der Waals surface area contributed by atoms with Gasteiger partial charge < -0.3 is 20.9 Å². The molecule has 3 N–H and O–H groups in total. The fourth-order valence-electron chi connectivity index (χ4n) is 3.24. The molecular weight excluding hydrogens is 369 g/mol. The van der Waals surface area contributed by atoms with Gasteiger partial charge in [0.2, 0.25) is 0 Å². The van der Waals surface area contributed by atoms with Crippen molar-refractivity contribution in [3.8, 4) is 0 Å². The number of guanidine groups is 1. The first-order valence-corrected chi connectivity index (χ1v) is 10.1. The molecule has 1 fully saturated rings. The maximum atomic E-state index is 6.25. The lowest BCUT2D eigenvalue weighted by Gasteiger charge is -2.35. The summed E-state index contributed by atoms with van der Waals surface area (Å²) in [6.45, 7) is 14.0. The fraction of sp³-hybridized carbons (Fsp3) is 0.632. The Morgan fingerprint density at radius 3 is 2.46 bits per heavy atom. The Labute approximate surface area is 167 Å². The van der Waals surface area contributed by atoms with Crippen LogP contribution >= 0.6 is 23.2 Å². The van der Waals surface area contributed by atoms with E-state index in [4.69, 9.17) is 28.9 Å². The van der Waals surface area contributed by atoms with Crippen LogP contribution in [-0.4, -0.2) is 61.6 Å². The molecule has 1 aromatic rings. The minimum Gasteiger partial charge on any atom is -0.370 e. The molecule has 0 aliphatic carbocycles. The second-order valence-corrected chi connectivity index (χ2v) is 7.94. The molecule has 0 saturated carbocycles. The van der Waals surface area contributed by atoms with E-state index in [1.807, 2.05) is 19.1 Å². The second-order valence-electron chi connectivity index (χ2n) is 7.10. The quantitative estimate of drug-likeness (QED) is 0.545. The van der Waals surface area contributed by atoms with Gasteiger partial charge in [-0.15, -0.1) is 0 Å². The van der Waals surface area contributed by atoms with E-state index >= 15 is 0 Å². The normalized spacial score (nSPS) is 19.3. The topological polar surface area (TPSA) is 56.9 Å². The highest BCUT2D eigenvalue weighted by atomic mass is 35.5. The molecule has 0 spiro atoms. The minimum atomic E-state index is -0.0269. The van der Waals surface area contributed by atoms with Gasteiger partial charge in [0.25, 0.3) is 0 Å². The van der Waals surface area contributed by atoms with Crippen molar-refractivity contribution in [2.24, 2.45) is 16.6 Å². The molecule has 26 heavy (non-hydrogen) atoms. The summed E-state index contributed by atoms with van der Waals surface area (Å²) in [4.78, 5) is 9.52. The highest BCUT2D eigenvalue weighted by Gasteiger charge is 2.17. The van der Waals surface area contributed by atoms with E-state index in [0.29, 0.717) is 28.5 Å². The van der Waals surface area contributed by atoms with E-state index in [9.17, 15) is 0 Å². The molecule has 1 saturated heterocycles. The third kappa shape index (κ3) is 6.62. The molecule has 0 aromatic heterocycles. The molecule has 1 heterocycles. The van der Waals surface area contributed by atoms with Gasteiger partial charge in [-0.2, -0.15) is 0 Å². The van der Waals surface area contributed by atoms with Crippen molar-refractivity contribution in [3.05, 3.63) is 33.8 Å². The van der Waals surface area contributed by atoms with Crippen molar-refractivity contribution in [2.45, 2.75) is 26.8 Å². The molecule has 0 amide bonds. The number of aliphatic imine (C=N–C) groups is 1. The maximum absolute atomic E-state index is 6.25. The Balaban J connectivity index is 1.78. The van der Waals surface area contributed by atoms with Crippen LogP contribution in [0.5, 0.6) is 0 Å². The summed E-state index contributed by atoms with van der Waals surface area (Å²) in [5.41, 5.74) is 7.01. The van der Waals surface area contributed by atoms with E-state index < -0.39 is 0 Å². The minimum absolute atomic E-state index is 0.0269. The van der Waals surface area contributed by atoms with Gasteiger partial charge in [-0.05, 0) is 37.1 Å². The zero-order valence-corrected chi connectivity index (χ0v) is 17.5. The van der Waals surface area contributed by atoms with Gasteiger partial charge in [-0.1, -0.05) is 43.1 Å². The number of rotatable bonds is 7. The van der Waals surface area contributed by atoms with Crippen LogP contribution in [0.25, 0.3) is 0 Å². The number of nitrogens with one attached hydrogen (secondary N) is 1. The standard InChI is InChI=1S/C19H31Cl2N5/c1-4-25-7-9-26(10-8-25)13-14(2)12-23-19(22)24-15(3)17-6-5-16(20)11-18(17)21/h5-6,11,14-15H,4,7-10,12-13H2,1-3H3,(H3,22,23,24). The average Bonchev–Trinajstić information content (AvgIpc) is 2.60. The summed E-state index contributed by atoms with van der Waals surface area (Å²) in [6, 6.07) is 5.45.